The molecule has 0 heterocycles. The van der Waals surface area contributed by atoms with E-state index in [4.69, 9.17) is 23.7 Å². The van der Waals surface area contributed by atoms with E-state index in [0.29, 0.717) is 0 Å². The van der Waals surface area contributed by atoms with Crippen molar-refractivity contribution in [2.24, 2.45) is 22.7 Å². The predicted octanol–water partition coefficient (Wildman–Crippen LogP) is 2.28. The molecule has 0 amide bonds. The minimum absolute atomic E-state index is 0.00210. The Morgan fingerprint density at radius 3 is 1.79 bits per heavy atom. The van der Waals surface area contributed by atoms with Gasteiger partial charge in [-0.1, -0.05) is 27.4 Å². The standard InChI is InChI=1S/C30H42O12/c1-13-21(36)12-23(39-16(4)32)29(10)24(13)25(40-17(5)33)20-11-22(38-15(3)31)14(2)30(37,28(20,8)9)27(42-19(7)35)26(29)41-18(6)34/h20-21,23-27,36-37H,1,11-12H2,2-10H3/t20-,21-,23-,24-,25+,26-,27-,29+,30-/m0/s1. The van der Waals surface area contributed by atoms with E-state index >= 15 is 0 Å². The van der Waals surface area contributed by atoms with Crippen LogP contribution in [0.2, 0.25) is 0 Å². The summed E-state index contributed by atoms with van der Waals surface area (Å²) < 4.78 is 29.0. The van der Waals surface area contributed by atoms with Gasteiger partial charge in [0.1, 0.15) is 23.6 Å². The number of ether oxygens (including phenoxy) is 5. The van der Waals surface area contributed by atoms with E-state index < -0.39 is 88.6 Å². The molecule has 2 saturated carbocycles. The number of fused-ring (bicyclic) bond motifs is 3. The maximum atomic E-state index is 12.9. The van der Waals surface area contributed by atoms with E-state index in [-0.39, 0.29) is 29.7 Å². The third-order valence-corrected chi connectivity index (χ3v) is 9.42. The van der Waals surface area contributed by atoms with Gasteiger partial charge < -0.3 is 33.9 Å². The Hall–Kier alpha value is -3.25. The molecule has 0 aromatic heterocycles. The molecule has 0 aliphatic heterocycles. The SMILES string of the molecule is C=C1[C@@H](O)C[C@H](OC(C)=O)[C@@]2(C)[C@@H](OC(C)=O)[C@H](OC(C)=O)[C@@]3(O)C(C)=C(OC(C)=O)C[C@@H]([C@@H](OC(C)=O)[C@H]12)C3(C)C. The van der Waals surface area contributed by atoms with Gasteiger partial charge in [0.05, 0.1) is 11.5 Å². The molecule has 234 valence electrons. The molecule has 42 heavy (non-hydrogen) atoms. The summed E-state index contributed by atoms with van der Waals surface area (Å²) in [6.45, 7) is 16.4. The number of aliphatic hydroxyl groups excluding tert-OH is 1. The van der Waals surface area contributed by atoms with Crippen molar-refractivity contribution in [3.05, 3.63) is 23.5 Å². The normalized spacial score (nSPS) is 37.3. The first kappa shape index (κ1) is 33.3. The Morgan fingerprint density at radius 1 is 0.810 bits per heavy atom. The van der Waals surface area contributed by atoms with E-state index in [9.17, 15) is 34.2 Å². The molecule has 2 fully saturated rings. The van der Waals surface area contributed by atoms with Crippen LogP contribution < -0.4 is 0 Å². The molecule has 0 radical (unpaired) electrons. The van der Waals surface area contributed by atoms with Crippen molar-refractivity contribution < 1.29 is 57.9 Å². The average molecular weight is 595 g/mol. The smallest absolute Gasteiger partial charge is 0.307 e. The second-order valence-corrected chi connectivity index (χ2v) is 12.3. The summed E-state index contributed by atoms with van der Waals surface area (Å²) >= 11 is 0. The molecule has 12 nitrogen and oxygen atoms in total. The lowest BCUT2D eigenvalue weighted by Crippen LogP contribution is -2.75. The van der Waals surface area contributed by atoms with Gasteiger partial charge >= 0.3 is 29.8 Å². The minimum Gasteiger partial charge on any atom is -0.462 e. The molecule has 0 aromatic carbocycles. The molecule has 2 N–H and O–H groups in total. The van der Waals surface area contributed by atoms with Gasteiger partial charge in [-0.05, 0) is 12.5 Å². The van der Waals surface area contributed by atoms with Crippen molar-refractivity contribution in [1.29, 1.82) is 0 Å². The fraction of sp³-hybridized carbons (Fsp3) is 0.700. The van der Waals surface area contributed by atoms with Crippen LogP contribution in [0.25, 0.3) is 0 Å². The molecule has 3 aliphatic carbocycles. The van der Waals surface area contributed by atoms with Crippen molar-refractivity contribution in [2.75, 3.05) is 0 Å². The monoisotopic (exact) mass is 594 g/mol. The highest BCUT2D eigenvalue weighted by Crippen LogP contribution is 2.63. The van der Waals surface area contributed by atoms with Gasteiger partial charge in [-0.3, -0.25) is 24.0 Å². The lowest BCUT2D eigenvalue weighted by Gasteiger charge is -2.64. The summed E-state index contributed by atoms with van der Waals surface area (Å²) in [5.74, 6) is -5.55. The third kappa shape index (κ3) is 5.34. The highest BCUT2D eigenvalue weighted by Gasteiger charge is 2.73. The number of hydrogen-bond donors (Lipinski definition) is 2. The van der Waals surface area contributed by atoms with Crippen molar-refractivity contribution >= 4 is 29.8 Å². The lowest BCUT2D eigenvalue weighted by molar-refractivity contribution is -0.277. The van der Waals surface area contributed by atoms with Gasteiger partial charge in [-0.25, -0.2) is 0 Å². The molecule has 12 heteroatoms. The Labute approximate surface area is 245 Å². The van der Waals surface area contributed by atoms with Crippen LogP contribution in [0.4, 0.5) is 0 Å². The number of allylic oxidation sites excluding steroid dienone is 1. The van der Waals surface area contributed by atoms with Crippen LogP contribution >= 0.6 is 0 Å². The van der Waals surface area contributed by atoms with E-state index in [1.54, 1.807) is 20.8 Å². The summed E-state index contributed by atoms with van der Waals surface area (Å²) in [4.78, 5) is 62.6. The van der Waals surface area contributed by atoms with Gasteiger partial charge in [-0.15, -0.1) is 0 Å². The number of esters is 5. The zero-order chi connectivity index (χ0) is 32.1. The second kappa shape index (κ2) is 11.4. The zero-order valence-corrected chi connectivity index (χ0v) is 25.6. The van der Waals surface area contributed by atoms with Gasteiger partial charge in [0, 0.05) is 70.3 Å². The number of carbonyl (C=O) groups is 5. The molecule has 0 unspecified atom stereocenters. The zero-order valence-electron chi connectivity index (χ0n) is 25.6. The van der Waals surface area contributed by atoms with Crippen molar-refractivity contribution in [1.82, 2.24) is 0 Å². The van der Waals surface area contributed by atoms with Crippen LogP contribution in [-0.4, -0.2) is 76.2 Å². The summed E-state index contributed by atoms with van der Waals surface area (Å²) in [6.07, 6.45) is -6.94. The molecular formula is C30H42O12. The van der Waals surface area contributed by atoms with Gasteiger partial charge in [0.15, 0.2) is 12.2 Å². The number of carbonyl (C=O) groups excluding carboxylic acids is 5. The van der Waals surface area contributed by atoms with Crippen molar-refractivity contribution in [3.63, 3.8) is 0 Å². The molecule has 3 rings (SSSR count). The van der Waals surface area contributed by atoms with Gasteiger partial charge in [-0.2, -0.15) is 0 Å². The van der Waals surface area contributed by atoms with Crippen molar-refractivity contribution in [2.45, 2.75) is 111 Å². The van der Waals surface area contributed by atoms with E-state index in [2.05, 4.69) is 6.58 Å². The highest BCUT2D eigenvalue weighted by molar-refractivity contribution is 5.70. The summed E-state index contributed by atoms with van der Waals surface area (Å²) in [7, 11) is 0. The van der Waals surface area contributed by atoms with Crippen LogP contribution in [0.3, 0.4) is 0 Å². The van der Waals surface area contributed by atoms with Crippen LogP contribution in [0.1, 0.15) is 75.2 Å². The Kier molecular flexibility index (Phi) is 9.06. The Bertz CT molecular complexity index is 1220. The first-order chi connectivity index (χ1) is 19.2. The molecule has 9 atom stereocenters. The molecule has 0 saturated heterocycles. The number of rotatable bonds is 5. The first-order valence-electron chi connectivity index (χ1n) is 13.9. The fourth-order valence-electron chi connectivity index (χ4n) is 7.51. The molecule has 2 bridgehead atoms. The minimum atomic E-state index is -2.18. The maximum absolute atomic E-state index is 12.9. The summed E-state index contributed by atoms with van der Waals surface area (Å²) in [5, 5.41) is 24.1. The number of aliphatic hydroxyl groups is 2. The quantitative estimate of drug-likeness (QED) is 0.271. The summed E-state index contributed by atoms with van der Waals surface area (Å²) in [5.41, 5.74) is -4.73. The van der Waals surface area contributed by atoms with Crippen LogP contribution in [0.15, 0.2) is 23.5 Å². The largest absolute Gasteiger partial charge is 0.462 e. The third-order valence-electron chi connectivity index (χ3n) is 9.42. The van der Waals surface area contributed by atoms with E-state index in [1.165, 1.54) is 27.7 Å². The molecule has 0 spiro atoms. The number of hydrogen-bond acceptors (Lipinski definition) is 12. The Balaban J connectivity index is 2.57. The van der Waals surface area contributed by atoms with E-state index in [1.807, 2.05) is 0 Å². The van der Waals surface area contributed by atoms with Gasteiger partial charge in [0.2, 0.25) is 0 Å². The highest BCUT2D eigenvalue weighted by atomic mass is 16.6. The topological polar surface area (TPSA) is 172 Å². The second-order valence-electron chi connectivity index (χ2n) is 12.3. The van der Waals surface area contributed by atoms with Crippen molar-refractivity contribution in [3.8, 4) is 0 Å². The fourth-order valence-corrected chi connectivity index (χ4v) is 7.51. The van der Waals surface area contributed by atoms with Crippen LogP contribution in [0, 0.1) is 22.7 Å². The predicted molar refractivity (Wildman–Crippen MR) is 145 cm³/mol. The summed E-state index contributed by atoms with van der Waals surface area (Å²) in [6, 6.07) is 0. The average Bonchev–Trinajstić information content (AvgIpc) is 2.83. The van der Waals surface area contributed by atoms with Gasteiger partial charge in [0.25, 0.3) is 0 Å². The maximum Gasteiger partial charge on any atom is 0.307 e. The lowest BCUT2D eigenvalue weighted by atomic mass is 9.45. The molecular weight excluding hydrogens is 552 g/mol. The van der Waals surface area contributed by atoms with Crippen LogP contribution in [0.5, 0.6) is 0 Å². The molecule has 0 aromatic rings. The van der Waals surface area contributed by atoms with Crippen LogP contribution in [-0.2, 0) is 47.7 Å². The first-order valence-corrected chi connectivity index (χ1v) is 13.9. The van der Waals surface area contributed by atoms with E-state index in [0.717, 1.165) is 13.8 Å². The molecule has 3 aliphatic rings. The Morgan fingerprint density at radius 2 is 1.31 bits per heavy atom.